The molecule has 1 N–H and O–H groups in total. The third kappa shape index (κ3) is 5.49. The van der Waals surface area contributed by atoms with Crippen molar-refractivity contribution in [3.05, 3.63) is 60.1 Å². The maximum Gasteiger partial charge on any atom is 1.00 e. The van der Waals surface area contributed by atoms with Gasteiger partial charge in [0.2, 0.25) is 10.0 Å². The van der Waals surface area contributed by atoms with Crippen LogP contribution in [0.1, 0.15) is 0 Å². The van der Waals surface area contributed by atoms with Gasteiger partial charge in [-0.05, 0) is 24.3 Å². The molecule has 1 atom stereocenters. The van der Waals surface area contributed by atoms with Crippen LogP contribution in [0, 0.1) is 0 Å². The predicted octanol–water partition coefficient (Wildman–Crippen LogP) is -0.845. The van der Waals surface area contributed by atoms with E-state index in [2.05, 4.69) is 9.97 Å². The van der Waals surface area contributed by atoms with E-state index in [9.17, 15) is 17.9 Å². The van der Waals surface area contributed by atoms with E-state index >= 15 is 0 Å². The Kier molecular flexibility index (Phi) is 7.40. The first-order valence-corrected chi connectivity index (χ1v) is 10.8. The number of benzene rings is 1. The maximum absolute atomic E-state index is 12.5. The van der Waals surface area contributed by atoms with Crippen molar-refractivity contribution in [2.24, 2.45) is 0 Å². The number of hydrogen-bond acceptors (Lipinski definition) is 7. The Morgan fingerprint density at radius 1 is 1.19 bits per heavy atom. The van der Waals surface area contributed by atoms with Gasteiger partial charge in [-0.3, -0.25) is 9.55 Å². The molecule has 0 radical (unpaired) electrons. The van der Waals surface area contributed by atoms with Crippen LogP contribution in [-0.2, 0) is 14.6 Å². The van der Waals surface area contributed by atoms with Gasteiger partial charge in [0.1, 0.15) is 0 Å². The molecule has 3 aromatic rings. The van der Waals surface area contributed by atoms with E-state index in [1.165, 1.54) is 42.9 Å². The second-order valence-corrected chi connectivity index (χ2v) is 8.97. The Labute approximate surface area is 182 Å². The zero-order valence-electron chi connectivity index (χ0n) is 14.1. The van der Waals surface area contributed by atoms with Gasteiger partial charge in [0, 0.05) is 29.4 Å². The van der Waals surface area contributed by atoms with Gasteiger partial charge in [-0.1, -0.05) is 23.7 Å². The molecule has 0 amide bonds. The zero-order chi connectivity index (χ0) is 18.8. The molecular weight excluding hydrogens is 424 g/mol. The summed E-state index contributed by atoms with van der Waals surface area (Å²) in [6.07, 6.45) is 3.39. The molecular formula is C15H12ClN3NaO5PS. The van der Waals surface area contributed by atoms with Crippen molar-refractivity contribution in [2.75, 3.05) is 6.29 Å². The molecule has 1 aromatic carbocycles. The fraction of sp³-hybridized carbons (Fsp3) is 0.0667. The first-order chi connectivity index (χ1) is 12.3. The number of rotatable bonds is 6. The summed E-state index contributed by atoms with van der Waals surface area (Å²) in [5.41, 5.74) is 0. The number of pyridine rings is 2. The number of nitrogens with zero attached hydrogens (tertiary/aromatic N) is 2. The summed E-state index contributed by atoms with van der Waals surface area (Å²) in [7, 11) is -8.70. The van der Waals surface area contributed by atoms with Gasteiger partial charge >= 0.3 is 29.6 Å². The van der Waals surface area contributed by atoms with Gasteiger partial charge in [-0.15, -0.1) is 0 Å². The molecule has 2 aromatic heterocycles. The Hall–Kier alpha value is -1.03. The molecule has 0 aliphatic heterocycles. The van der Waals surface area contributed by atoms with Gasteiger partial charge in [0.05, 0.1) is 11.2 Å². The number of sulfonamides is 1. The molecule has 0 bridgehead atoms. The van der Waals surface area contributed by atoms with Crippen LogP contribution in [-0.4, -0.2) is 24.7 Å². The molecule has 27 heavy (non-hydrogen) atoms. The summed E-state index contributed by atoms with van der Waals surface area (Å²) >= 11 is 5.74. The minimum Gasteiger partial charge on any atom is -0.768 e. The molecule has 136 valence electrons. The molecule has 0 saturated carbocycles. The van der Waals surface area contributed by atoms with Crippen LogP contribution in [0.5, 0.6) is 5.75 Å². The van der Waals surface area contributed by atoms with Crippen molar-refractivity contribution < 1.29 is 52.0 Å². The van der Waals surface area contributed by atoms with Crippen molar-refractivity contribution in [1.29, 1.82) is 0 Å². The van der Waals surface area contributed by atoms with Crippen molar-refractivity contribution >= 4 is 40.0 Å². The van der Waals surface area contributed by atoms with Crippen LogP contribution in [0.15, 0.2) is 59.9 Å². The minimum atomic E-state index is -4.60. The molecule has 0 fully saturated rings. The van der Waals surface area contributed by atoms with Crippen molar-refractivity contribution in [3.63, 3.8) is 0 Å². The van der Waals surface area contributed by atoms with E-state index in [0.29, 0.717) is 10.8 Å². The largest absolute Gasteiger partial charge is 1.00 e. The number of hydrogen-bond donors (Lipinski definition) is 1. The van der Waals surface area contributed by atoms with E-state index in [0.717, 1.165) is 0 Å². The van der Waals surface area contributed by atoms with E-state index in [-0.39, 0.29) is 45.4 Å². The van der Waals surface area contributed by atoms with E-state index in [4.69, 9.17) is 16.1 Å². The van der Waals surface area contributed by atoms with Crippen LogP contribution in [0.3, 0.4) is 0 Å². The van der Waals surface area contributed by atoms with Crippen molar-refractivity contribution in [2.45, 2.75) is 4.90 Å². The average Bonchev–Trinajstić information content (AvgIpc) is 2.62. The second kappa shape index (κ2) is 8.98. The monoisotopic (exact) mass is 435 g/mol. The summed E-state index contributed by atoms with van der Waals surface area (Å²) in [5.74, 6) is -0.178. The minimum absolute atomic E-state index is 0. The topological polar surface area (TPSA) is 121 Å². The Morgan fingerprint density at radius 2 is 1.96 bits per heavy atom. The first kappa shape index (κ1) is 22.3. The summed E-state index contributed by atoms with van der Waals surface area (Å²) in [6, 6.07) is 8.90. The summed E-state index contributed by atoms with van der Waals surface area (Å²) in [4.78, 5) is 19.6. The van der Waals surface area contributed by atoms with Crippen molar-refractivity contribution in [3.8, 4) is 5.75 Å². The molecule has 0 aliphatic rings. The van der Waals surface area contributed by atoms with Crippen LogP contribution < -0.4 is 43.7 Å². The number of halogens is 1. The smallest absolute Gasteiger partial charge is 0.768 e. The number of fused-ring (bicyclic) bond motifs is 1. The standard InChI is InChI=1S/C15H13ClN3O5PS.Na/c16-15-13(4-2-7-18-15)24-25(20,21)10-19-26(22,23)14-5-1-3-11-9-17-8-6-12(11)14;/h1-9,19H,10H2,(H,20,21);/q;+1/p-1. The fourth-order valence-corrected chi connectivity index (χ4v) is 5.11. The summed E-state index contributed by atoms with van der Waals surface area (Å²) < 4.78 is 44.0. The Morgan fingerprint density at radius 3 is 2.70 bits per heavy atom. The number of nitrogens with one attached hydrogen (secondary N) is 1. The summed E-state index contributed by atoms with van der Waals surface area (Å²) in [5, 5.41) is 0.888. The van der Waals surface area contributed by atoms with E-state index in [1.807, 2.05) is 4.72 Å². The zero-order valence-corrected chi connectivity index (χ0v) is 18.5. The van der Waals surface area contributed by atoms with E-state index < -0.39 is 23.9 Å². The quantitative estimate of drug-likeness (QED) is 0.304. The Bertz CT molecular complexity index is 1110. The third-order valence-corrected chi connectivity index (χ3v) is 6.32. The van der Waals surface area contributed by atoms with Crippen LogP contribution in [0.2, 0.25) is 5.15 Å². The van der Waals surface area contributed by atoms with Gasteiger partial charge in [0.25, 0.3) is 0 Å². The average molecular weight is 436 g/mol. The molecule has 12 heteroatoms. The van der Waals surface area contributed by atoms with Crippen LogP contribution in [0.4, 0.5) is 0 Å². The maximum atomic E-state index is 12.5. The Balaban J connectivity index is 0.00000261. The van der Waals surface area contributed by atoms with Crippen molar-refractivity contribution in [1.82, 2.24) is 14.7 Å². The predicted molar refractivity (Wildman–Crippen MR) is 94.4 cm³/mol. The van der Waals surface area contributed by atoms with Gasteiger partial charge < -0.3 is 9.42 Å². The third-order valence-electron chi connectivity index (χ3n) is 3.34. The fourth-order valence-electron chi connectivity index (χ4n) is 2.19. The molecule has 0 spiro atoms. The molecule has 0 aliphatic carbocycles. The number of aromatic nitrogens is 2. The van der Waals surface area contributed by atoms with Gasteiger partial charge in [-0.2, -0.15) is 0 Å². The molecule has 0 saturated heterocycles. The van der Waals surface area contributed by atoms with E-state index in [1.54, 1.807) is 12.1 Å². The first-order valence-electron chi connectivity index (χ1n) is 7.21. The SMILES string of the molecule is O=P([O-])(CNS(=O)(=O)c1cccc2cnccc12)Oc1cccnc1Cl.[Na+]. The molecule has 1 unspecified atom stereocenters. The summed E-state index contributed by atoms with van der Waals surface area (Å²) in [6.45, 7) is 0. The van der Waals surface area contributed by atoms with Crippen LogP contribution in [0.25, 0.3) is 10.8 Å². The second-order valence-electron chi connectivity index (χ2n) is 5.15. The molecule has 2 heterocycles. The van der Waals surface area contributed by atoms with Gasteiger partial charge in [-0.25, -0.2) is 18.1 Å². The van der Waals surface area contributed by atoms with Gasteiger partial charge in [0.15, 0.2) is 18.5 Å². The molecule has 8 nitrogen and oxygen atoms in total. The van der Waals surface area contributed by atoms with Crippen LogP contribution >= 0.6 is 19.2 Å². The normalized spacial score (nSPS) is 13.6. The molecule has 3 rings (SSSR count).